The first-order chi connectivity index (χ1) is 9.24. The Morgan fingerprint density at radius 2 is 2.21 bits per heavy atom. The number of anilines is 1. The lowest BCUT2D eigenvalue weighted by atomic mass is 10.2. The van der Waals surface area contributed by atoms with Crippen molar-refractivity contribution in [1.29, 1.82) is 0 Å². The maximum Gasteiger partial charge on any atom is 0.358 e. The number of aromatic nitrogens is 2. The Balaban J connectivity index is 2.03. The third-order valence-corrected chi connectivity index (χ3v) is 4.50. The molecular weight excluding hydrogens is 262 g/mol. The van der Waals surface area contributed by atoms with Crippen molar-refractivity contribution in [3.8, 4) is 0 Å². The van der Waals surface area contributed by atoms with E-state index in [1.54, 1.807) is 6.20 Å². The SMILES string of the molecule is COC(=O)c1cnc(N2CCCC(SC)CC2)cn1. The second-order valence-corrected chi connectivity index (χ2v) is 5.67. The number of thioether (sulfide) groups is 1. The zero-order valence-electron chi connectivity index (χ0n) is 11.3. The minimum Gasteiger partial charge on any atom is -0.464 e. The molecule has 1 atom stereocenters. The number of hydrogen-bond donors (Lipinski definition) is 0. The highest BCUT2D eigenvalue weighted by Gasteiger charge is 2.18. The van der Waals surface area contributed by atoms with Crippen molar-refractivity contribution in [3.63, 3.8) is 0 Å². The fourth-order valence-electron chi connectivity index (χ4n) is 2.23. The van der Waals surface area contributed by atoms with Crippen molar-refractivity contribution in [2.24, 2.45) is 0 Å². The molecule has 0 saturated carbocycles. The molecule has 0 spiro atoms. The molecule has 104 valence electrons. The highest BCUT2D eigenvalue weighted by atomic mass is 32.2. The number of methoxy groups -OCH3 is 1. The molecule has 2 heterocycles. The molecule has 19 heavy (non-hydrogen) atoms. The zero-order valence-corrected chi connectivity index (χ0v) is 12.2. The van der Waals surface area contributed by atoms with Crippen molar-refractivity contribution in [1.82, 2.24) is 9.97 Å². The smallest absolute Gasteiger partial charge is 0.358 e. The molecule has 5 nitrogen and oxygen atoms in total. The van der Waals surface area contributed by atoms with Crippen molar-refractivity contribution < 1.29 is 9.53 Å². The number of ether oxygens (including phenoxy) is 1. The number of carbonyl (C=O) groups excluding carboxylic acids is 1. The van der Waals surface area contributed by atoms with E-state index in [2.05, 4.69) is 25.9 Å². The fraction of sp³-hybridized carbons (Fsp3) is 0.615. The van der Waals surface area contributed by atoms with Gasteiger partial charge in [-0.05, 0) is 25.5 Å². The minimum absolute atomic E-state index is 0.253. The average molecular weight is 281 g/mol. The number of carbonyl (C=O) groups is 1. The lowest BCUT2D eigenvalue weighted by molar-refractivity contribution is 0.0593. The van der Waals surface area contributed by atoms with Gasteiger partial charge in [0.2, 0.25) is 0 Å². The van der Waals surface area contributed by atoms with Crippen LogP contribution in [-0.4, -0.2) is 47.6 Å². The largest absolute Gasteiger partial charge is 0.464 e. The summed E-state index contributed by atoms with van der Waals surface area (Å²) in [7, 11) is 1.34. The van der Waals surface area contributed by atoms with Gasteiger partial charge in [-0.2, -0.15) is 11.8 Å². The van der Waals surface area contributed by atoms with E-state index < -0.39 is 5.97 Å². The van der Waals surface area contributed by atoms with Crippen LogP contribution in [-0.2, 0) is 4.74 Å². The lowest BCUT2D eigenvalue weighted by Crippen LogP contribution is -2.25. The van der Waals surface area contributed by atoms with Crippen LogP contribution in [0.1, 0.15) is 29.8 Å². The molecule has 1 fully saturated rings. The summed E-state index contributed by atoms with van der Waals surface area (Å²) >= 11 is 1.94. The maximum absolute atomic E-state index is 11.3. The third kappa shape index (κ3) is 3.59. The summed E-state index contributed by atoms with van der Waals surface area (Å²) in [6.45, 7) is 2.00. The van der Waals surface area contributed by atoms with Crippen LogP contribution in [0.3, 0.4) is 0 Å². The standard InChI is InChI=1S/C13H19N3O2S/c1-18-13(17)11-8-15-12(9-14-11)16-6-3-4-10(19-2)5-7-16/h8-10H,3-7H2,1-2H3. The zero-order chi connectivity index (χ0) is 13.7. The minimum atomic E-state index is -0.447. The molecule has 0 radical (unpaired) electrons. The molecular formula is C13H19N3O2S. The van der Waals surface area contributed by atoms with E-state index in [0.29, 0.717) is 0 Å². The van der Waals surface area contributed by atoms with Gasteiger partial charge in [-0.3, -0.25) is 0 Å². The van der Waals surface area contributed by atoms with Gasteiger partial charge in [0.15, 0.2) is 5.69 Å². The van der Waals surface area contributed by atoms with Gasteiger partial charge in [0.1, 0.15) is 5.82 Å². The Kier molecular flexibility index (Phi) is 5.01. The molecule has 1 aromatic heterocycles. The summed E-state index contributed by atoms with van der Waals surface area (Å²) in [5.41, 5.74) is 0.253. The van der Waals surface area contributed by atoms with Gasteiger partial charge in [0, 0.05) is 18.3 Å². The third-order valence-electron chi connectivity index (χ3n) is 3.37. The number of rotatable bonds is 3. The van der Waals surface area contributed by atoms with Crippen LogP contribution in [0.25, 0.3) is 0 Å². The van der Waals surface area contributed by atoms with E-state index >= 15 is 0 Å². The topological polar surface area (TPSA) is 55.3 Å². The van der Waals surface area contributed by atoms with Gasteiger partial charge in [-0.25, -0.2) is 14.8 Å². The molecule has 0 aromatic carbocycles. The summed E-state index contributed by atoms with van der Waals surface area (Å²) in [5.74, 6) is 0.395. The molecule has 1 aliphatic heterocycles. The van der Waals surface area contributed by atoms with Crippen molar-refractivity contribution in [2.75, 3.05) is 31.4 Å². The summed E-state index contributed by atoms with van der Waals surface area (Å²) < 4.78 is 4.61. The Labute approximate surface area is 117 Å². The summed E-state index contributed by atoms with van der Waals surface area (Å²) in [6.07, 6.45) is 8.91. The summed E-state index contributed by atoms with van der Waals surface area (Å²) in [5, 5.41) is 0.743. The first-order valence-electron chi connectivity index (χ1n) is 6.42. The molecule has 1 unspecified atom stereocenters. The Bertz CT molecular complexity index is 424. The molecule has 0 N–H and O–H groups in total. The van der Waals surface area contributed by atoms with Gasteiger partial charge in [-0.1, -0.05) is 0 Å². The Morgan fingerprint density at radius 1 is 1.37 bits per heavy atom. The van der Waals surface area contributed by atoms with Gasteiger partial charge in [0.05, 0.1) is 19.5 Å². The predicted octanol–water partition coefficient (Wildman–Crippen LogP) is 1.99. The van der Waals surface area contributed by atoms with E-state index in [9.17, 15) is 4.79 Å². The molecule has 1 aliphatic rings. The van der Waals surface area contributed by atoms with Crippen molar-refractivity contribution in [2.45, 2.75) is 24.5 Å². The number of hydrogen-bond acceptors (Lipinski definition) is 6. The highest BCUT2D eigenvalue weighted by molar-refractivity contribution is 7.99. The Hall–Kier alpha value is -1.30. The van der Waals surface area contributed by atoms with E-state index in [-0.39, 0.29) is 5.69 Å². The van der Waals surface area contributed by atoms with Gasteiger partial charge in [-0.15, -0.1) is 0 Å². The molecule has 2 rings (SSSR count). The molecule has 1 saturated heterocycles. The summed E-state index contributed by atoms with van der Waals surface area (Å²) in [6, 6.07) is 0. The maximum atomic E-state index is 11.3. The van der Waals surface area contributed by atoms with Crippen LogP contribution in [0.4, 0.5) is 5.82 Å². The number of esters is 1. The van der Waals surface area contributed by atoms with Crippen LogP contribution in [0.5, 0.6) is 0 Å². The first kappa shape index (κ1) is 14.1. The van der Waals surface area contributed by atoms with Crippen LogP contribution in [0.2, 0.25) is 0 Å². The van der Waals surface area contributed by atoms with Crippen LogP contribution in [0, 0.1) is 0 Å². The monoisotopic (exact) mass is 281 g/mol. The highest BCUT2D eigenvalue weighted by Crippen LogP contribution is 2.23. The first-order valence-corrected chi connectivity index (χ1v) is 7.71. The lowest BCUT2D eigenvalue weighted by Gasteiger charge is -2.21. The molecule has 0 aliphatic carbocycles. The summed E-state index contributed by atoms with van der Waals surface area (Å²) in [4.78, 5) is 22.0. The molecule has 1 aromatic rings. The van der Waals surface area contributed by atoms with Crippen LogP contribution < -0.4 is 4.90 Å². The quantitative estimate of drug-likeness (QED) is 0.790. The van der Waals surface area contributed by atoms with E-state index in [1.165, 1.54) is 32.6 Å². The van der Waals surface area contributed by atoms with Crippen molar-refractivity contribution >= 4 is 23.5 Å². The predicted molar refractivity (Wildman–Crippen MR) is 76.7 cm³/mol. The van der Waals surface area contributed by atoms with Crippen LogP contribution >= 0.6 is 11.8 Å². The average Bonchev–Trinajstić information content (AvgIpc) is 2.72. The van der Waals surface area contributed by atoms with Gasteiger partial charge in [0.25, 0.3) is 0 Å². The van der Waals surface area contributed by atoms with Gasteiger partial charge < -0.3 is 9.64 Å². The molecule has 0 amide bonds. The van der Waals surface area contributed by atoms with E-state index in [1.807, 2.05) is 11.8 Å². The molecule has 0 bridgehead atoms. The van der Waals surface area contributed by atoms with E-state index in [0.717, 1.165) is 24.2 Å². The Morgan fingerprint density at radius 3 is 2.84 bits per heavy atom. The van der Waals surface area contributed by atoms with Crippen molar-refractivity contribution in [3.05, 3.63) is 18.1 Å². The van der Waals surface area contributed by atoms with Crippen LogP contribution in [0.15, 0.2) is 12.4 Å². The number of nitrogens with zero attached hydrogens (tertiary/aromatic N) is 3. The normalized spacial score (nSPS) is 19.9. The molecule has 6 heteroatoms. The second kappa shape index (κ2) is 6.75. The van der Waals surface area contributed by atoms with Gasteiger partial charge >= 0.3 is 5.97 Å². The van der Waals surface area contributed by atoms with E-state index in [4.69, 9.17) is 0 Å². The fourth-order valence-corrected chi connectivity index (χ4v) is 2.97. The second-order valence-electron chi connectivity index (χ2n) is 4.53.